The third-order valence-corrected chi connectivity index (χ3v) is 4.88. The van der Waals surface area contributed by atoms with Gasteiger partial charge in [0, 0.05) is 13.1 Å². The molecule has 0 aliphatic carbocycles. The van der Waals surface area contributed by atoms with Gasteiger partial charge in [-0.25, -0.2) is 0 Å². The number of nitrogens with one attached hydrogen (secondary N) is 1. The van der Waals surface area contributed by atoms with Crippen molar-refractivity contribution in [3.05, 3.63) is 59.5 Å². The zero-order valence-electron chi connectivity index (χ0n) is 15.3. The van der Waals surface area contributed by atoms with Gasteiger partial charge in [-0.1, -0.05) is 12.1 Å². The van der Waals surface area contributed by atoms with Crippen molar-refractivity contribution >= 4 is 11.8 Å². The third-order valence-electron chi connectivity index (χ3n) is 4.88. The van der Waals surface area contributed by atoms with Crippen LogP contribution in [0.2, 0.25) is 0 Å². The number of amides is 2. The first-order chi connectivity index (χ1) is 13.3. The van der Waals surface area contributed by atoms with E-state index in [0.29, 0.717) is 24.9 Å². The highest BCUT2D eigenvalue weighted by Gasteiger charge is 2.32. The molecule has 1 fully saturated rings. The summed E-state index contributed by atoms with van der Waals surface area (Å²) in [6, 6.07) is 7.53. The number of alkyl halides is 3. The summed E-state index contributed by atoms with van der Waals surface area (Å²) < 4.78 is 43.8. The molecule has 0 spiro atoms. The number of carbonyl (C=O) groups excluding carboxylic acids is 2. The maximum atomic E-state index is 12.9. The molecule has 0 radical (unpaired) electrons. The van der Waals surface area contributed by atoms with Gasteiger partial charge in [0.2, 0.25) is 5.91 Å². The lowest BCUT2D eigenvalue weighted by Gasteiger charge is -2.32. The number of carbonyl (C=O) groups is 2. The second kappa shape index (κ2) is 8.08. The average molecular weight is 394 g/mol. The standard InChI is InChI=1S/C20H21F3N2O3/c1-13(14-5-2-7-16(11-14)20(21,22)23)24-18(26)15-6-3-9-25(12-15)19(27)17-8-4-10-28-17/h2,4-5,7-8,10-11,13,15H,3,6,9,12H2,1H3,(H,24,26)/t13-,15-/m0/s1. The second-order valence-electron chi connectivity index (χ2n) is 6.92. The molecule has 1 aromatic carbocycles. The normalized spacial score (nSPS) is 18.6. The molecule has 0 unspecified atom stereocenters. The highest BCUT2D eigenvalue weighted by Crippen LogP contribution is 2.31. The molecule has 0 saturated carbocycles. The molecule has 5 nitrogen and oxygen atoms in total. The molecule has 0 bridgehead atoms. The minimum atomic E-state index is -4.43. The smallest absolute Gasteiger partial charge is 0.416 e. The summed E-state index contributed by atoms with van der Waals surface area (Å²) >= 11 is 0. The maximum absolute atomic E-state index is 12.9. The van der Waals surface area contributed by atoms with Gasteiger partial charge in [0.15, 0.2) is 5.76 Å². The van der Waals surface area contributed by atoms with E-state index < -0.39 is 23.7 Å². The van der Waals surface area contributed by atoms with E-state index in [4.69, 9.17) is 4.42 Å². The molecule has 1 aliphatic heterocycles. The predicted octanol–water partition coefficient (Wildman–Crippen LogP) is 4.03. The second-order valence-corrected chi connectivity index (χ2v) is 6.92. The SMILES string of the molecule is C[C@H](NC(=O)[C@H]1CCCN(C(=O)c2ccco2)C1)c1cccc(C(F)(F)F)c1. The van der Waals surface area contributed by atoms with Crippen molar-refractivity contribution in [2.75, 3.05) is 13.1 Å². The van der Waals surface area contributed by atoms with Crippen LogP contribution >= 0.6 is 0 Å². The van der Waals surface area contributed by atoms with Crippen molar-refractivity contribution in [1.82, 2.24) is 10.2 Å². The van der Waals surface area contributed by atoms with E-state index in [1.165, 1.54) is 12.3 Å². The minimum absolute atomic E-state index is 0.221. The van der Waals surface area contributed by atoms with E-state index in [0.717, 1.165) is 12.1 Å². The summed E-state index contributed by atoms with van der Waals surface area (Å²) in [6.45, 7) is 2.43. The fourth-order valence-electron chi connectivity index (χ4n) is 3.33. The van der Waals surface area contributed by atoms with Crippen LogP contribution in [0.1, 0.15) is 47.5 Å². The monoisotopic (exact) mass is 394 g/mol. The summed E-state index contributed by atoms with van der Waals surface area (Å²) in [7, 11) is 0. The van der Waals surface area contributed by atoms with Crippen molar-refractivity contribution in [3.8, 4) is 0 Å². The molecule has 1 aromatic heterocycles. The summed E-state index contributed by atoms with van der Waals surface area (Å²) in [5, 5.41) is 2.77. The van der Waals surface area contributed by atoms with Crippen molar-refractivity contribution in [3.63, 3.8) is 0 Å². The van der Waals surface area contributed by atoms with Crippen molar-refractivity contribution in [1.29, 1.82) is 0 Å². The molecule has 28 heavy (non-hydrogen) atoms. The summed E-state index contributed by atoms with van der Waals surface area (Å²) in [4.78, 5) is 26.6. The number of nitrogens with zero attached hydrogens (tertiary/aromatic N) is 1. The van der Waals surface area contributed by atoms with Crippen LogP contribution in [0, 0.1) is 5.92 Å². The maximum Gasteiger partial charge on any atom is 0.416 e. The predicted molar refractivity (Wildman–Crippen MR) is 95.3 cm³/mol. The van der Waals surface area contributed by atoms with Gasteiger partial charge in [-0.05, 0) is 49.6 Å². The first-order valence-corrected chi connectivity index (χ1v) is 9.06. The van der Waals surface area contributed by atoms with E-state index in [1.807, 2.05) is 0 Å². The Balaban J connectivity index is 1.63. The molecule has 2 aromatic rings. The van der Waals surface area contributed by atoms with Crippen molar-refractivity contribution < 1.29 is 27.2 Å². The van der Waals surface area contributed by atoms with Crippen LogP contribution in [0.5, 0.6) is 0 Å². The molecule has 1 saturated heterocycles. The Morgan fingerprint density at radius 2 is 2.04 bits per heavy atom. The van der Waals surface area contributed by atoms with E-state index in [2.05, 4.69) is 5.32 Å². The van der Waals surface area contributed by atoms with Crippen LogP contribution in [0.25, 0.3) is 0 Å². The van der Waals surface area contributed by atoms with Crippen LogP contribution in [0.15, 0.2) is 47.1 Å². The lowest BCUT2D eigenvalue weighted by molar-refractivity contribution is -0.137. The topological polar surface area (TPSA) is 62.6 Å². The average Bonchev–Trinajstić information content (AvgIpc) is 3.21. The van der Waals surface area contributed by atoms with Gasteiger partial charge in [-0.15, -0.1) is 0 Å². The van der Waals surface area contributed by atoms with Gasteiger partial charge in [-0.3, -0.25) is 9.59 Å². The molecule has 1 aliphatic rings. The Morgan fingerprint density at radius 3 is 2.71 bits per heavy atom. The van der Waals surface area contributed by atoms with Crippen molar-refractivity contribution in [2.24, 2.45) is 5.92 Å². The molecular weight excluding hydrogens is 373 g/mol. The number of furan rings is 1. The van der Waals surface area contributed by atoms with Crippen LogP contribution in [-0.4, -0.2) is 29.8 Å². The Hall–Kier alpha value is -2.77. The van der Waals surface area contributed by atoms with E-state index in [-0.39, 0.29) is 24.1 Å². The van der Waals surface area contributed by atoms with Crippen LogP contribution in [-0.2, 0) is 11.0 Å². The fourth-order valence-corrected chi connectivity index (χ4v) is 3.33. The van der Waals surface area contributed by atoms with Crippen molar-refractivity contribution in [2.45, 2.75) is 32.0 Å². The first kappa shape index (κ1) is 20.0. The molecule has 8 heteroatoms. The molecule has 2 heterocycles. The van der Waals surface area contributed by atoms with Crippen LogP contribution in [0.3, 0.4) is 0 Å². The fraction of sp³-hybridized carbons (Fsp3) is 0.400. The number of halogens is 3. The quantitative estimate of drug-likeness (QED) is 0.852. The van der Waals surface area contributed by atoms with Crippen LogP contribution in [0.4, 0.5) is 13.2 Å². The van der Waals surface area contributed by atoms with Crippen LogP contribution < -0.4 is 5.32 Å². The zero-order chi connectivity index (χ0) is 20.3. The van der Waals surface area contributed by atoms with Gasteiger partial charge < -0.3 is 14.6 Å². The van der Waals surface area contributed by atoms with Gasteiger partial charge in [-0.2, -0.15) is 13.2 Å². The summed E-state index contributed by atoms with van der Waals surface area (Å²) in [5.41, 5.74) is -0.374. The van der Waals surface area contributed by atoms with Gasteiger partial charge in [0.25, 0.3) is 5.91 Å². The lowest BCUT2D eigenvalue weighted by Crippen LogP contribution is -2.45. The lowest BCUT2D eigenvalue weighted by atomic mass is 9.96. The molecular formula is C20H21F3N2O3. The van der Waals surface area contributed by atoms with E-state index in [1.54, 1.807) is 30.0 Å². The highest BCUT2D eigenvalue weighted by atomic mass is 19.4. The number of rotatable bonds is 4. The molecule has 3 rings (SSSR count). The summed E-state index contributed by atoms with van der Waals surface area (Å²) in [5.74, 6) is -0.741. The molecule has 2 atom stereocenters. The molecule has 2 amide bonds. The largest absolute Gasteiger partial charge is 0.459 e. The zero-order valence-corrected chi connectivity index (χ0v) is 15.3. The number of benzene rings is 1. The first-order valence-electron chi connectivity index (χ1n) is 9.06. The Bertz CT molecular complexity index is 833. The van der Waals surface area contributed by atoms with Gasteiger partial charge in [0.05, 0.1) is 23.8 Å². The molecule has 150 valence electrons. The van der Waals surface area contributed by atoms with E-state index in [9.17, 15) is 22.8 Å². The Morgan fingerprint density at radius 1 is 1.25 bits per heavy atom. The molecule has 1 N–H and O–H groups in total. The minimum Gasteiger partial charge on any atom is -0.459 e. The van der Waals surface area contributed by atoms with E-state index >= 15 is 0 Å². The van der Waals surface area contributed by atoms with Gasteiger partial charge in [0.1, 0.15) is 0 Å². The Kier molecular flexibility index (Phi) is 5.76. The number of hydrogen-bond acceptors (Lipinski definition) is 3. The summed E-state index contributed by atoms with van der Waals surface area (Å²) in [6.07, 6.45) is -1.74. The Labute approximate surface area is 160 Å². The number of piperidine rings is 1. The van der Waals surface area contributed by atoms with Gasteiger partial charge >= 0.3 is 6.18 Å². The number of likely N-dealkylation sites (tertiary alicyclic amines) is 1. The number of hydrogen-bond donors (Lipinski definition) is 1. The third kappa shape index (κ3) is 4.55. The highest BCUT2D eigenvalue weighted by molar-refractivity contribution is 5.92.